The lowest BCUT2D eigenvalue weighted by Gasteiger charge is -2.32. The highest BCUT2D eigenvalue weighted by molar-refractivity contribution is 7.13. The van der Waals surface area contributed by atoms with Crippen molar-refractivity contribution < 1.29 is 4.79 Å². The molecule has 0 aliphatic carbocycles. The van der Waals surface area contributed by atoms with E-state index in [9.17, 15) is 4.79 Å². The average Bonchev–Trinajstić information content (AvgIpc) is 3.43. The summed E-state index contributed by atoms with van der Waals surface area (Å²) in [6, 6.07) is 7.97. The van der Waals surface area contributed by atoms with Gasteiger partial charge in [0, 0.05) is 37.6 Å². The van der Waals surface area contributed by atoms with Gasteiger partial charge in [-0.2, -0.15) is 10.2 Å². The zero-order chi connectivity index (χ0) is 17.9. The van der Waals surface area contributed by atoms with Crippen molar-refractivity contribution in [1.29, 1.82) is 0 Å². The molecule has 4 rings (SSSR count). The quantitative estimate of drug-likeness (QED) is 0.724. The van der Waals surface area contributed by atoms with Crippen molar-refractivity contribution in [3.63, 3.8) is 0 Å². The van der Waals surface area contributed by atoms with Crippen LogP contribution >= 0.6 is 11.3 Å². The van der Waals surface area contributed by atoms with Gasteiger partial charge in [-0.3, -0.25) is 14.6 Å². The van der Waals surface area contributed by atoms with Crippen LogP contribution in [-0.4, -0.2) is 45.0 Å². The highest BCUT2D eigenvalue weighted by atomic mass is 32.1. The first kappa shape index (κ1) is 16.8. The van der Waals surface area contributed by atoms with E-state index in [4.69, 9.17) is 0 Å². The third-order valence-corrected chi connectivity index (χ3v) is 5.72. The maximum absolute atomic E-state index is 12.4. The molecule has 1 amide bonds. The molecule has 1 aliphatic rings. The number of nitrogens with zero attached hydrogens (tertiary/aromatic N) is 4. The van der Waals surface area contributed by atoms with Crippen LogP contribution in [0.2, 0.25) is 0 Å². The van der Waals surface area contributed by atoms with E-state index in [-0.39, 0.29) is 18.0 Å². The number of aromatic amines is 1. The van der Waals surface area contributed by atoms with Crippen LogP contribution in [-0.2, 0) is 4.79 Å². The zero-order valence-corrected chi connectivity index (χ0v) is 15.4. The minimum atomic E-state index is -0.289. The number of piperidine rings is 1. The van der Waals surface area contributed by atoms with Crippen LogP contribution in [0.15, 0.2) is 42.0 Å². The first-order chi connectivity index (χ1) is 12.7. The fraction of sp³-hybridized carbons (Fsp3) is 0.389. The Hall–Kier alpha value is -2.61. The minimum absolute atomic E-state index is 0.0203. The smallest absolute Gasteiger partial charge is 0.244 e. The molecule has 8 heteroatoms. The SMILES string of the molecule is C[C@H](C(=O)NC1CCN(c2cc(-c3cccs3)[nH]n2)CC1)n1cccn1. The minimum Gasteiger partial charge on any atom is -0.355 e. The van der Waals surface area contributed by atoms with Crippen molar-refractivity contribution in [2.75, 3.05) is 18.0 Å². The number of H-pyrrole nitrogens is 1. The van der Waals surface area contributed by atoms with E-state index >= 15 is 0 Å². The first-order valence-electron chi connectivity index (χ1n) is 8.84. The Morgan fingerprint density at radius 2 is 2.23 bits per heavy atom. The topological polar surface area (TPSA) is 78.8 Å². The molecule has 0 bridgehead atoms. The number of carbonyl (C=O) groups excluding carboxylic acids is 1. The lowest BCUT2D eigenvalue weighted by molar-refractivity contribution is -0.125. The van der Waals surface area contributed by atoms with Crippen molar-refractivity contribution in [3.05, 3.63) is 42.0 Å². The van der Waals surface area contributed by atoms with Gasteiger partial charge in [0.2, 0.25) is 5.91 Å². The zero-order valence-electron chi connectivity index (χ0n) is 14.6. The summed E-state index contributed by atoms with van der Waals surface area (Å²) in [6.45, 7) is 3.64. The van der Waals surface area contributed by atoms with Gasteiger partial charge >= 0.3 is 0 Å². The van der Waals surface area contributed by atoms with Gasteiger partial charge in [-0.25, -0.2) is 0 Å². The van der Waals surface area contributed by atoms with Crippen LogP contribution in [0, 0.1) is 0 Å². The molecule has 4 heterocycles. The van der Waals surface area contributed by atoms with Crippen LogP contribution in [0.3, 0.4) is 0 Å². The van der Waals surface area contributed by atoms with E-state index in [2.05, 4.69) is 43.0 Å². The second kappa shape index (κ2) is 7.33. The molecule has 1 aliphatic heterocycles. The van der Waals surface area contributed by atoms with E-state index in [1.54, 1.807) is 22.2 Å². The molecule has 1 fully saturated rings. The number of carbonyl (C=O) groups is 1. The van der Waals surface area contributed by atoms with Crippen LogP contribution in [0.4, 0.5) is 5.82 Å². The third kappa shape index (κ3) is 3.50. The number of amides is 1. The monoisotopic (exact) mass is 370 g/mol. The van der Waals surface area contributed by atoms with E-state index in [0.29, 0.717) is 0 Å². The van der Waals surface area contributed by atoms with Gasteiger partial charge in [0.05, 0.1) is 10.6 Å². The van der Waals surface area contributed by atoms with E-state index in [0.717, 1.165) is 37.4 Å². The van der Waals surface area contributed by atoms with Gasteiger partial charge < -0.3 is 10.2 Å². The molecular formula is C18H22N6OS. The van der Waals surface area contributed by atoms with Gasteiger partial charge in [0.1, 0.15) is 6.04 Å². The fourth-order valence-electron chi connectivity index (χ4n) is 3.24. The van der Waals surface area contributed by atoms with Crippen molar-refractivity contribution >= 4 is 23.1 Å². The molecule has 0 aromatic carbocycles. The highest BCUT2D eigenvalue weighted by Crippen LogP contribution is 2.27. The number of anilines is 1. The molecule has 0 spiro atoms. The Labute approximate surface area is 156 Å². The van der Waals surface area contributed by atoms with Gasteiger partial charge in [0.25, 0.3) is 0 Å². The van der Waals surface area contributed by atoms with Gasteiger partial charge in [-0.1, -0.05) is 6.07 Å². The van der Waals surface area contributed by atoms with Crippen LogP contribution < -0.4 is 10.2 Å². The molecule has 1 saturated heterocycles. The van der Waals surface area contributed by atoms with E-state index in [1.165, 1.54) is 4.88 Å². The predicted octanol–water partition coefficient (Wildman–Crippen LogP) is 2.68. The number of thiophene rings is 1. The standard InChI is InChI=1S/C18H22N6OS/c1-13(24-8-3-7-19-24)18(25)20-14-5-9-23(10-6-14)17-12-15(21-22-17)16-4-2-11-26-16/h2-4,7-8,11-14H,5-6,9-10H2,1H3,(H,20,25)(H,21,22)/t13-/m1/s1. The van der Waals surface area contributed by atoms with Gasteiger partial charge in [0.15, 0.2) is 5.82 Å². The van der Waals surface area contributed by atoms with Crippen LogP contribution in [0.5, 0.6) is 0 Å². The van der Waals surface area contributed by atoms with Gasteiger partial charge in [-0.05, 0) is 37.3 Å². The molecule has 1 atom stereocenters. The third-order valence-electron chi connectivity index (χ3n) is 4.82. The fourth-order valence-corrected chi connectivity index (χ4v) is 3.93. The molecule has 136 valence electrons. The predicted molar refractivity (Wildman–Crippen MR) is 102 cm³/mol. The van der Waals surface area contributed by atoms with Crippen LogP contribution in [0.25, 0.3) is 10.6 Å². The summed E-state index contributed by atoms with van der Waals surface area (Å²) in [7, 11) is 0. The van der Waals surface area contributed by atoms with Crippen molar-refractivity contribution in [3.8, 4) is 10.6 Å². The number of rotatable bonds is 5. The van der Waals surface area contributed by atoms with Crippen molar-refractivity contribution in [2.45, 2.75) is 31.8 Å². The summed E-state index contributed by atoms with van der Waals surface area (Å²) in [4.78, 5) is 15.9. The summed E-state index contributed by atoms with van der Waals surface area (Å²) in [5.41, 5.74) is 1.05. The van der Waals surface area contributed by atoms with Crippen molar-refractivity contribution in [1.82, 2.24) is 25.3 Å². The summed E-state index contributed by atoms with van der Waals surface area (Å²) < 4.78 is 1.68. The molecule has 0 saturated carbocycles. The number of nitrogens with one attached hydrogen (secondary N) is 2. The summed E-state index contributed by atoms with van der Waals surface area (Å²) in [5, 5.41) is 16.9. The highest BCUT2D eigenvalue weighted by Gasteiger charge is 2.24. The summed E-state index contributed by atoms with van der Waals surface area (Å²) in [6.07, 6.45) is 5.34. The maximum atomic E-state index is 12.4. The number of hydrogen-bond donors (Lipinski definition) is 2. The average molecular weight is 370 g/mol. The lowest BCUT2D eigenvalue weighted by Crippen LogP contribution is -2.46. The summed E-state index contributed by atoms with van der Waals surface area (Å²) >= 11 is 1.70. The first-order valence-corrected chi connectivity index (χ1v) is 9.72. The van der Waals surface area contributed by atoms with E-state index < -0.39 is 0 Å². The Morgan fingerprint density at radius 3 is 2.92 bits per heavy atom. The molecule has 3 aromatic rings. The molecule has 26 heavy (non-hydrogen) atoms. The Morgan fingerprint density at radius 1 is 1.38 bits per heavy atom. The molecule has 0 unspecified atom stereocenters. The summed E-state index contributed by atoms with van der Waals surface area (Å²) in [5.74, 6) is 0.995. The molecule has 3 aromatic heterocycles. The largest absolute Gasteiger partial charge is 0.355 e. The van der Waals surface area contributed by atoms with Crippen molar-refractivity contribution in [2.24, 2.45) is 0 Å². The normalized spacial score (nSPS) is 16.6. The molecule has 2 N–H and O–H groups in total. The van der Waals surface area contributed by atoms with Crippen LogP contribution in [0.1, 0.15) is 25.8 Å². The second-order valence-electron chi connectivity index (χ2n) is 6.55. The number of aromatic nitrogens is 4. The Bertz CT molecular complexity index is 833. The Balaban J connectivity index is 1.31. The second-order valence-corrected chi connectivity index (χ2v) is 7.50. The Kier molecular flexibility index (Phi) is 4.75. The molecule has 0 radical (unpaired) electrons. The maximum Gasteiger partial charge on any atom is 0.244 e. The number of hydrogen-bond acceptors (Lipinski definition) is 5. The lowest BCUT2D eigenvalue weighted by atomic mass is 10.0. The molecular weight excluding hydrogens is 348 g/mol. The van der Waals surface area contributed by atoms with Gasteiger partial charge in [-0.15, -0.1) is 11.3 Å². The van der Waals surface area contributed by atoms with E-state index in [1.807, 2.05) is 25.3 Å². The molecule has 7 nitrogen and oxygen atoms in total.